The van der Waals surface area contributed by atoms with Gasteiger partial charge in [-0.2, -0.15) is 0 Å². The highest BCUT2D eigenvalue weighted by Gasteiger charge is 2.43. The van der Waals surface area contributed by atoms with Crippen molar-refractivity contribution in [1.82, 2.24) is 4.90 Å². The Morgan fingerprint density at radius 2 is 2.00 bits per heavy atom. The molecule has 0 atom stereocenters. The predicted molar refractivity (Wildman–Crippen MR) is 60.2 cm³/mol. The molecule has 0 aromatic heterocycles. The molecule has 92 valence electrons. The van der Waals surface area contributed by atoms with E-state index in [0.717, 1.165) is 5.56 Å². The van der Waals surface area contributed by atoms with Gasteiger partial charge in [0.05, 0.1) is 19.7 Å². The SMILES string of the molecule is O=C(OCc1ccccc1)N1CC(O)(CO)C1. The number of aliphatic hydroxyl groups excluding tert-OH is 1. The molecule has 0 aliphatic carbocycles. The third-order valence-electron chi connectivity index (χ3n) is 2.73. The molecule has 2 N–H and O–H groups in total. The van der Waals surface area contributed by atoms with Crippen LogP contribution in [0.15, 0.2) is 30.3 Å². The fourth-order valence-corrected chi connectivity index (χ4v) is 1.70. The van der Waals surface area contributed by atoms with Crippen molar-refractivity contribution in [1.29, 1.82) is 0 Å². The predicted octanol–water partition coefficient (Wildman–Crippen LogP) is 0.362. The van der Waals surface area contributed by atoms with Crippen molar-refractivity contribution >= 4 is 6.09 Å². The summed E-state index contributed by atoms with van der Waals surface area (Å²) in [6.07, 6.45) is -0.466. The Morgan fingerprint density at radius 3 is 2.59 bits per heavy atom. The largest absolute Gasteiger partial charge is 0.445 e. The lowest BCUT2D eigenvalue weighted by Crippen LogP contribution is -2.65. The molecular formula is C12H15NO4. The number of amides is 1. The Kier molecular flexibility index (Phi) is 3.31. The molecule has 0 unspecified atom stereocenters. The van der Waals surface area contributed by atoms with Crippen molar-refractivity contribution in [3.8, 4) is 0 Å². The summed E-state index contributed by atoms with van der Waals surface area (Å²) in [7, 11) is 0. The van der Waals surface area contributed by atoms with Gasteiger partial charge in [-0.05, 0) is 5.56 Å². The van der Waals surface area contributed by atoms with Crippen molar-refractivity contribution in [2.75, 3.05) is 19.7 Å². The number of hydrogen-bond acceptors (Lipinski definition) is 4. The van der Waals surface area contributed by atoms with Gasteiger partial charge in [0.2, 0.25) is 0 Å². The topological polar surface area (TPSA) is 70.0 Å². The summed E-state index contributed by atoms with van der Waals surface area (Å²) in [6.45, 7) is 0.122. The summed E-state index contributed by atoms with van der Waals surface area (Å²) in [5.74, 6) is 0. The van der Waals surface area contributed by atoms with Gasteiger partial charge in [-0.1, -0.05) is 30.3 Å². The molecule has 1 saturated heterocycles. The van der Waals surface area contributed by atoms with Crippen LogP contribution in [0.4, 0.5) is 4.79 Å². The third kappa shape index (κ3) is 2.75. The van der Waals surface area contributed by atoms with E-state index < -0.39 is 11.7 Å². The zero-order valence-corrected chi connectivity index (χ0v) is 9.37. The minimum Gasteiger partial charge on any atom is -0.445 e. The molecule has 1 aromatic carbocycles. The van der Waals surface area contributed by atoms with Crippen LogP contribution in [0.2, 0.25) is 0 Å². The highest BCUT2D eigenvalue weighted by atomic mass is 16.6. The number of benzene rings is 1. The van der Waals surface area contributed by atoms with E-state index in [1.165, 1.54) is 4.90 Å². The molecule has 0 radical (unpaired) electrons. The molecule has 1 aliphatic heterocycles. The summed E-state index contributed by atoms with van der Waals surface area (Å²) in [6, 6.07) is 9.37. The Bertz CT molecular complexity index is 387. The van der Waals surface area contributed by atoms with E-state index in [2.05, 4.69) is 0 Å². The number of ether oxygens (including phenoxy) is 1. The second-order valence-electron chi connectivity index (χ2n) is 4.28. The standard InChI is InChI=1S/C12H15NO4/c14-9-12(16)7-13(8-12)11(15)17-6-10-4-2-1-3-5-10/h1-5,14,16H,6-9H2. The number of rotatable bonds is 3. The lowest BCUT2D eigenvalue weighted by atomic mass is 9.96. The van der Waals surface area contributed by atoms with Crippen LogP contribution >= 0.6 is 0 Å². The molecule has 1 fully saturated rings. The highest BCUT2D eigenvalue weighted by molar-refractivity contribution is 5.69. The van der Waals surface area contributed by atoms with Gasteiger partial charge in [-0.25, -0.2) is 4.79 Å². The normalized spacial score (nSPS) is 17.4. The first-order valence-corrected chi connectivity index (χ1v) is 5.42. The first kappa shape index (κ1) is 11.9. The third-order valence-corrected chi connectivity index (χ3v) is 2.73. The van der Waals surface area contributed by atoms with Crippen molar-refractivity contribution in [2.45, 2.75) is 12.2 Å². The fraction of sp³-hybridized carbons (Fsp3) is 0.417. The Balaban J connectivity index is 1.76. The van der Waals surface area contributed by atoms with Crippen molar-refractivity contribution in [2.24, 2.45) is 0 Å². The maximum Gasteiger partial charge on any atom is 0.410 e. The van der Waals surface area contributed by atoms with Crippen LogP contribution in [0.5, 0.6) is 0 Å². The summed E-state index contributed by atoms with van der Waals surface area (Å²) in [5.41, 5.74) is -0.232. The van der Waals surface area contributed by atoms with Crippen molar-refractivity contribution in [3.05, 3.63) is 35.9 Å². The minimum absolute atomic E-state index is 0.122. The molecule has 1 heterocycles. The van der Waals surface area contributed by atoms with Crippen LogP contribution in [-0.4, -0.2) is 46.5 Å². The second kappa shape index (κ2) is 4.73. The van der Waals surface area contributed by atoms with Crippen LogP contribution in [0, 0.1) is 0 Å². The van der Waals surface area contributed by atoms with Gasteiger partial charge in [0.15, 0.2) is 0 Å². The van der Waals surface area contributed by atoms with Gasteiger partial charge in [0.1, 0.15) is 12.2 Å². The molecule has 0 bridgehead atoms. The number of aliphatic hydroxyl groups is 2. The summed E-state index contributed by atoms with van der Waals surface area (Å²) in [4.78, 5) is 12.9. The van der Waals surface area contributed by atoms with E-state index in [1.54, 1.807) is 0 Å². The van der Waals surface area contributed by atoms with Gasteiger partial charge < -0.3 is 19.8 Å². The Hall–Kier alpha value is -1.59. The van der Waals surface area contributed by atoms with Crippen LogP contribution < -0.4 is 0 Å². The zero-order valence-electron chi connectivity index (χ0n) is 9.37. The molecule has 5 heteroatoms. The number of carbonyl (C=O) groups is 1. The molecule has 0 saturated carbocycles. The van der Waals surface area contributed by atoms with E-state index in [0.29, 0.717) is 0 Å². The summed E-state index contributed by atoms with van der Waals surface area (Å²) in [5, 5.41) is 18.3. The van der Waals surface area contributed by atoms with Crippen molar-refractivity contribution in [3.63, 3.8) is 0 Å². The number of hydrogen-bond donors (Lipinski definition) is 2. The first-order valence-electron chi connectivity index (χ1n) is 5.42. The van der Waals surface area contributed by atoms with E-state index in [9.17, 15) is 9.90 Å². The molecule has 1 aromatic rings. The van der Waals surface area contributed by atoms with E-state index in [1.807, 2.05) is 30.3 Å². The average Bonchev–Trinajstić information content (AvgIpc) is 2.33. The zero-order chi connectivity index (χ0) is 12.3. The van der Waals surface area contributed by atoms with Gasteiger partial charge in [0, 0.05) is 0 Å². The van der Waals surface area contributed by atoms with E-state index in [4.69, 9.17) is 9.84 Å². The monoisotopic (exact) mass is 237 g/mol. The number of carbonyl (C=O) groups excluding carboxylic acids is 1. The summed E-state index contributed by atoms with van der Waals surface area (Å²) < 4.78 is 5.06. The molecular weight excluding hydrogens is 222 g/mol. The van der Waals surface area contributed by atoms with Crippen molar-refractivity contribution < 1.29 is 19.7 Å². The van der Waals surface area contributed by atoms with Crippen LogP contribution in [-0.2, 0) is 11.3 Å². The molecule has 5 nitrogen and oxygen atoms in total. The first-order chi connectivity index (χ1) is 8.13. The smallest absolute Gasteiger partial charge is 0.410 e. The van der Waals surface area contributed by atoms with Gasteiger partial charge >= 0.3 is 6.09 Å². The molecule has 17 heavy (non-hydrogen) atoms. The van der Waals surface area contributed by atoms with Crippen LogP contribution in [0.25, 0.3) is 0 Å². The fourth-order valence-electron chi connectivity index (χ4n) is 1.70. The number of β-amino-alcohol motifs (C(OH)–C–C–N with tert-alkyl or cyclic N) is 1. The van der Waals surface area contributed by atoms with Gasteiger partial charge in [-0.15, -0.1) is 0 Å². The minimum atomic E-state index is -1.15. The van der Waals surface area contributed by atoms with Gasteiger partial charge in [-0.3, -0.25) is 0 Å². The quantitative estimate of drug-likeness (QED) is 0.796. The number of likely N-dealkylation sites (tertiary alicyclic amines) is 1. The lowest BCUT2D eigenvalue weighted by Gasteiger charge is -2.44. The van der Waals surface area contributed by atoms with Crippen LogP contribution in [0.3, 0.4) is 0 Å². The molecule has 1 aliphatic rings. The average molecular weight is 237 g/mol. The molecule has 1 amide bonds. The Morgan fingerprint density at radius 1 is 1.35 bits per heavy atom. The number of nitrogens with zero attached hydrogens (tertiary/aromatic N) is 1. The molecule has 2 rings (SSSR count). The molecule has 0 spiro atoms. The maximum atomic E-state index is 11.5. The lowest BCUT2D eigenvalue weighted by molar-refractivity contribution is -0.116. The van der Waals surface area contributed by atoms with E-state index in [-0.39, 0.29) is 26.3 Å². The second-order valence-corrected chi connectivity index (χ2v) is 4.28. The van der Waals surface area contributed by atoms with Gasteiger partial charge in [0.25, 0.3) is 0 Å². The maximum absolute atomic E-state index is 11.5. The highest BCUT2D eigenvalue weighted by Crippen LogP contribution is 2.21. The van der Waals surface area contributed by atoms with E-state index >= 15 is 0 Å². The Labute approximate surface area is 99.2 Å². The summed E-state index contributed by atoms with van der Waals surface area (Å²) >= 11 is 0. The van der Waals surface area contributed by atoms with Crippen LogP contribution in [0.1, 0.15) is 5.56 Å².